The summed E-state index contributed by atoms with van der Waals surface area (Å²) < 4.78 is 22.3. The minimum Gasteiger partial charge on any atom is -0.312 e. The fourth-order valence-corrected chi connectivity index (χ4v) is 4.18. The lowest BCUT2D eigenvalue weighted by Gasteiger charge is -2.21. The Hall–Kier alpha value is -1.67. The number of benzene rings is 1. The molecule has 1 saturated heterocycles. The summed E-state index contributed by atoms with van der Waals surface area (Å²) in [4.78, 5) is 24.0. The molecule has 1 aliphatic heterocycles. The first-order valence-electron chi connectivity index (χ1n) is 6.57. The highest BCUT2D eigenvalue weighted by atomic mass is 35.7. The Labute approximate surface area is 132 Å². The number of nitro groups is 1. The third-order valence-electron chi connectivity index (χ3n) is 3.60. The number of carbonyl (C=O) groups excluding carboxylic acids is 1. The summed E-state index contributed by atoms with van der Waals surface area (Å²) in [6, 6.07) is 2.81. The van der Waals surface area contributed by atoms with Gasteiger partial charge >= 0.3 is 0 Å². The minimum absolute atomic E-state index is 0.0368. The molecular formula is C13H15ClN2O5S. The average Bonchev–Trinajstić information content (AvgIpc) is 2.66. The van der Waals surface area contributed by atoms with Gasteiger partial charge in [0, 0.05) is 47.4 Å². The normalized spacial score (nSPS) is 18.8. The number of non-ortho nitro benzene ring substituents is 1. The SMILES string of the molecule is Cc1cc([N+](=O)[O-])cc(C)c1N1CC(CS(=O)(=O)Cl)CC1=O. The van der Waals surface area contributed by atoms with Crippen molar-refractivity contribution in [1.82, 2.24) is 0 Å². The molecule has 2 rings (SSSR count). The van der Waals surface area contributed by atoms with E-state index >= 15 is 0 Å². The molecule has 120 valence electrons. The van der Waals surface area contributed by atoms with Crippen molar-refractivity contribution in [1.29, 1.82) is 0 Å². The van der Waals surface area contributed by atoms with Crippen LogP contribution in [0, 0.1) is 29.9 Å². The van der Waals surface area contributed by atoms with E-state index in [0.29, 0.717) is 16.8 Å². The van der Waals surface area contributed by atoms with Crippen LogP contribution in [0.25, 0.3) is 0 Å². The molecule has 0 aromatic heterocycles. The second-order valence-electron chi connectivity index (χ2n) is 5.47. The summed E-state index contributed by atoms with van der Waals surface area (Å²) in [6.45, 7) is 3.62. The maximum absolute atomic E-state index is 12.1. The van der Waals surface area contributed by atoms with E-state index in [0.717, 1.165) is 0 Å². The van der Waals surface area contributed by atoms with Gasteiger partial charge in [0.25, 0.3) is 5.69 Å². The zero-order valence-electron chi connectivity index (χ0n) is 12.1. The molecule has 7 nitrogen and oxygen atoms in total. The molecule has 0 radical (unpaired) electrons. The van der Waals surface area contributed by atoms with E-state index in [-0.39, 0.29) is 36.2 Å². The number of anilines is 1. The molecule has 0 spiro atoms. The third kappa shape index (κ3) is 3.56. The van der Waals surface area contributed by atoms with Gasteiger partial charge in [-0.2, -0.15) is 0 Å². The van der Waals surface area contributed by atoms with E-state index < -0.39 is 14.0 Å². The fraction of sp³-hybridized carbons (Fsp3) is 0.462. The van der Waals surface area contributed by atoms with Gasteiger partial charge in [-0.3, -0.25) is 14.9 Å². The van der Waals surface area contributed by atoms with Crippen LogP contribution < -0.4 is 4.90 Å². The number of rotatable bonds is 4. The molecule has 1 aromatic rings. The zero-order valence-corrected chi connectivity index (χ0v) is 13.6. The van der Waals surface area contributed by atoms with Crippen LogP contribution in [0.1, 0.15) is 17.5 Å². The van der Waals surface area contributed by atoms with Crippen LogP contribution in [0.15, 0.2) is 12.1 Å². The van der Waals surface area contributed by atoms with E-state index in [1.807, 2.05) is 0 Å². The van der Waals surface area contributed by atoms with E-state index in [1.165, 1.54) is 17.0 Å². The number of nitrogens with zero attached hydrogens (tertiary/aromatic N) is 2. The zero-order chi connectivity index (χ0) is 16.7. The summed E-state index contributed by atoms with van der Waals surface area (Å²) >= 11 is 0. The highest BCUT2D eigenvalue weighted by Crippen LogP contribution is 2.34. The first-order valence-corrected chi connectivity index (χ1v) is 9.04. The number of carbonyl (C=O) groups is 1. The van der Waals surface area contributed by atoms with E-state index in [4.69, 9.17) is 10.7 Å². The first-order chi connectivity index (χ1) is 10.1. The van der Waals surface area contributed by atoms with Crippen molar-refractivity contribution in [3.05, 3.63) is 33.4 Å². The summed E-state index contributed by atoms with van der Waals surface area (Å²) in [6.07, 6.45) is 0.0990. The molecule has 1 atom stereocenters. The lowest BCUT2D eigenvalue weighted by molar-refractivity contribution is -0.384. The van der Waals surface area contributed by atoms with E-state index in [1.54, 1.807) is 13.8 Å². The highest BCUT2D eigenvalue weighted by Gasteiger charge is 2.34. The van der Waals surface area contributed by atoms with Crippen molar-refractivity contribution in [3.8, 4) is 0 Å². The Kier molecular flexibility index (Phi) is 4.44. The second-order valence-corrected chi connectivity index (χ2v) is 8.29. The molecule has 9 heteroatoms. The molecule has 1 aliphatic rings. The minimum atomic E-state index is -3.67. The van der Waals surface area contributed by atoms with Crippen molar-refractivity contribution in [2.75, 3.05) is 17.2 Å². The quantitative estimate of drug-likeness (QED) is 0.472. The molecule has 22 heavy (non-hydrogen) atoms. The molecular weight excluding hydrogens is 332 g/mol. The predicted octanol–water partition coefficient (Wildman–Crippen LogP) is 2.13. The molecule has 0 aliphatic carbocycles. The van der Waals surface area contributed by atoms with Crippen molar-refractivity contribution in [2.24, 2.45) is 5.92 Å². The molecule has 1 heterocycles. The van der Waals surface area contributed by atoms with Crippen LogP contribution in [0.5, 0.6) is 0 Å². The Morgan fingerprint density at radius 1 is 1.36 bits per heavy atom. The molecule has 1 fully saturated rings. The largest absolute Gasteiger partial charge is 0.312 e. The monoisotopic (exact) mass is 346 g/mol. The number of hydrogen-bond acceptors (Lipinski definition) is 5. The second kappa shape index (κ2) is 5.85. The van der Waals surface area contributed by atoms with Crippen LogP contribution in [0.3, 0.4) is 0 Å². The van der Waals surface area contributed by atoms with Crippen molar-refractivity contribution in [3.63, 3.8) is 0 Å². The molecule has 0 N–H and O–H groups in total. The summed E-state index contributed by atoms with van der Waals surface area (Å²) in [5.41, 5.74) is 1.78. The number of aryl methyl sites for hydroxylation is 2. The van der Waals surface area contributed by atoms with Gasteiger partial charge in [-0.05, 0) is 25.0 Å². The van der Waals surface area contributed by atoms with Crippen LogP contribution >= 0.6 is 10.7 Å². The molecule has 1 unspecified atom stereocenters. The van der Waals surface area contributed by atoms with Crippen LogP contribution in [0.2, 0.25) is 0 Å². The average molecular weight is 347 g/mol. The Morgan fingerprint density at radius 2 is 1.91 bits per heavy atom. The molecule has 0 saturated carbocycles. The van der Waals surface area contributed by atoms with Gasteiger partial charge in [0.2, 0.25) is 15.0 Å². The topological polar surface area (TPSA) is 97.6 Å². The maximum atomic E-state index is 12.1. The van der Waals surface area contributed by atoms with Crippen LogP contribution in [-0.4, -0.2) is 31.5 Å². The van der Waals surface area contributed by atoms with Gasteiger partial charge in [0.1, 0.15) is 0 Å². The Bertz CT molecular complexity index is 724. The maximum Gasteiger partial charge on any atom is 0.270 e. The lowest BCUT2D eigenvalue weighted by Crippen LogP contribution is -2.27. The summed E-state index contributed by atoms with van der Waals surface area (Å²) in [5.74, 6) is -0.837. The van der Waals surface area contributed by atoms with Crippen molar-refractivity contribution < 1.29 is 18.1 Å². The summed E-state index contributed by atoms with van der Waals surface area (Å²) in [5, 5.41) is 10.9. The van der Waals surface area contributed by atoms with E-state index in [9.17, 15) is 23.3 Å². The van der Waals surface area contributed by atoms with Crippen LogP contribution in [0.4, 0.5) is 11.4 Å². The smallest absolute Gasteiger partial charge is 0.270 e. The van der Waals surface area contributed by atoms with Gasteiger partial charge in [-0.25, -0.2) is 8.42 Å². The summed E-state index contributed by atoms with van der Waals surface area (Å²) in [7, 11) is 1.57. The van der Waals surface area contributed by atoms with Crippen LogP contribution in [-0.2, 0) is 13.8 Å². The Morgan fingerprint density at radius 3 is 2.36 bits per heavy atom. The molecule has 1 amide bonds. The van der Waals surface area contributed by atoms with Gasteiger partial charge in [0.15, 0.2) is 0 Å². The number of amides is 1. The predicted molar refractivity (Wildman–Crippen MR) is 82.7 cm³/mol. The van der Waals surface area contributed by atoms with Crippen molar-refractivity contribution >= 4 is 37.0 Å². The Balaban J connectivity index is 2.33. The number of nitro benzene ring substituents is 1. The van der Waals surface area contributed by atoms with Gasteiger partial charge in [-0.15, -0.1) is 0 Å². The molecule has 0 bridgehead atoms. The number of hydrogen-bond donors (Lipinski definition) is 0. The molecule has 1 aromatic carbocycles. The standard InChI is InChI=1S/C13H15ClN2O5S/c1-8-3-11(16(18)19)4-9(2)13(8)15-6-10(5-12(15)17)7-22(14,20)21/h3-4,10H,5-7H2,1-2H3. The third-order valence-corrected chi connectivity index (χ3v) is 4.84. The number of halogens is 1. The fourth-order valence-electron chi connectivity index (χ4n) is 2.86. The highest BCUT2D eigenvalue weighted by molar-refractivity contribution is 8.13. The van der Waals surface area contributed by atoms with Gasteiger partial charge < -0.3 is 4.90 Å². The van der Waals surface area contributed by atoms with Gasteiger partial charge in [0.05, 0.1) is 10.7 Å². The van der Waals surface area contributed by atoms with Crippen molar-refractivity contribution in [2.45, 2.75) is 20.3 Å². The lowest BCUT2D eigenvalue weighted by atomic mass is 10.1. The first kappa shape index (κ1) is 16.7. The van der Waals surface area contributed by atoms with E-state index in [2.05, 4.69) is 0 Å². The van der Waals surface area contributed by atoms with Gasteiger partial charge in [-0.1, -0.05) is 0 Å².